The fraction of sp³-hybridized carbons (Fsp3) is 0.571. The lowest BCUT2D eigenvalue weighted by atomic mass is 10.2. The van der Waals surface area contributed by atoms with Crippen LogP contribution < -0.4 is 10.0 Å². The zero-order chi connectivity index (χ0) is 14.8. The molecule has 0 bridgehead atoms. The summed E-state index contributed by atoms with van der Waals surface area (Å²) in [6, 6.07) is 7.44. The highest BCUT2D eigenvalue weighted by Gasteiger charge is 2.08. The van der Waals surface area contributed by atoms with Crippen molar-refractivity contribution in [3.8, 4) is 0 Å². The third-order valence-electron chi connectivity index (χ3n) is 2.84. The zero-order valence-corrected chi connectivity index (χ0v) is 13.4. The van der Waals surface area contributed by atoms with Crippen molar-refractivity contribution in [2.45, 2.75) is 26.2 Å². The van der Waals surface area contributed by atoms with Crippen LogP contribution in [0, 0.1) is 0 Å². The van der Waals surface area contributed by atoms with Crippen LogP contribution in [-0.4, -0.2) is 33.8 Å². The Morgan fingerprint density at radius 3 is 2.45 bits per heavy atom. The molecule has 20 heavy (non-hydrogen) atoms. The molecule has 1 aromatic carbocycles. The first-order chi connectivity index (χ1) is 9.53. The highest BCUT2D eigenvalue weighted by Crippen LogP contribution is 2.09. The molecule has 0 saturated heterocycles. The topological polar surface area (TPSA) is 58.2 Å². The first kappa shape index (κ1) is 17.4. The van der Waals surface area contributed by atoms with Gasteiger partial charge in [0.25, 0.3) is 0 Å². The molecule has 6 heteroatoms. The van der Waals surface area contributed by atoms with Crippen molar-refractivity contribution >= 4 is 21.6 Å². The summed E-state index contributed by atoms with van der Waals surface area (Å²) in [6.07, 6.45) is 2.37. The van der Waals surface area contributed by atoms with Crippen LogP contribution in [0.15, 0.2) is 24.3 Å². The fourth-order valence-electron chi connectivity index (χ4n) is 1.76. The van der Waals surface area contributed by atoms with Gasteiger partial charge in [-0.1, -0.05) is 30.7 Å². The minimum Gasteiger partial charge on any atom is -0.317 e. The first-order valence-corrected chi connectivity index (χ1v) is 8.99. The lowest BCUT2D eigenvalue weighted by Crippen LogP contribution is -2.30. The Balaban J connectivity index is 2.20. The highest BCUT2D eigenvalue weighted by molar-refractivity contribution is 7.89. The lowest BCUT2D eigenvalue weighted by molar-refractivity contribution is 0.574. The molecule has 0 aliphatic rings. The maximum atomic E-state index is 11.7. The second kappa shape index (κ2) is 9.34. The largest absolute Gasteiger partial charge is 0.317 e. The Hall–Kier alpha value is -0.620. The molecule has 0 fully saturated rings. The van der Waals surface area contributed by atoms with E-state index < -0.39 is 10.0 Å². The van der Waals surface area contributed by atoms with Gasteiger partial charge in [-0.15, -0.1) is 0 Å². The summed E-state index contributed by atoms with van der Waals surface area (Å²) in [4.78, 5) is 0. The fourth-order valence-corrected chi connectivity index (χ4v) is 2.97. The molecule has 114 valence electrons. The van der Waals surface area contributed by atoms with E-state index in [-0.39, 0.29) is 5.75 Å². The van der Waals surface area contributed by atoms with Crippen LogP contribution in [0.4, 0.5) is 0 Å². The normalized spacial score (nSPS) is 11.7. The summed E-state index contributed by atoms with van der Waals surface area (Å²) >= 11 is 5.79. The first-order valence-electron chi connectivity index (χ1n) is 6.96. The summed E-state index contributed by atoms with van der Waals surface area (Å²) in [5, 5.41) is 3.88. The third-order valence-corrected chi connectivity index (χ3v) is 4.56. The quantitative estimate of drug-likeness (QED) is 0.650. The van der Waals surface area contributed by atoms with Gasteiger partial charge in [0.2, 0.25) is 10.0 Å². The molecule has 0 unspecified atom stereocenters. The molecule has 0 aromatic heterocycles. The van der Waals surface area contributed by atoms with Crippen LogP contribution >= 0.6 is 11.6 Å². The van der Waals surface area contributed by atoms with Crippen molar-refractivity contribution in [3.63, 3.8) is 0 Å². The summed E-state index contributed by atoms with van der Waals surface area (Å²) in [5.74, 6) is 0.171. The van der Waals surface area contributed by atoms with E-state index >= 15 is 0 Å². The Bertz CT molecular complexity index is 474. The van der Waals surface area contributed by atoms with E-state index in [0.29, 0.717) is 24.4 Å². The van der Waals surface area contributed by atoms with Gasteiger partial charge in [-0.3, -0.25) is 0 Å². The number of sulfonamides is 1. The summed E-state index contributed by atoms with van der Waals surface area (Å²) in [7, 11) is -3.16. The Kier molecular flexibility index (Phi) is 8.14. The van der Waals surface area contributed by atoms with Crippen molar-refractivity contribution in [3.05, 3.63) is 34.9 Å². The molecular formula is C14H23ClN2O2S. The van der Waals surface area contributed by atoms with Gasteiger partial charge in [-0.05, 0) is 50.0 Å². The molecule has 0 spiro atoms. The van der Waals surface area contributed by atoms with Crippen LogP contribution in [0.2, 0.25) is 5.02 Å². The molecular weight excluding hydrogens is 296 g/mol. The number of benzene rings is 1. The lowest BCUT2D eigenvalue weighted by Gasteiger charge is -2.07. The standard InChI is InChI=1S/C14H23ClN2O2S/c1-2-9-16-10-3-12-20(18,19)17-11-8-13-4-6-14(15)7-5-13/h4-7,16-17H,2-3,8-12H2,1H3. The highest BCUT2D eigenvalue weighted by atomic mass is 35.5. The van der Waals surface area contributed by atoms with E-state index in [9.17, 15) is 8.42 Å². The van der Waals surface area contributed by atoms with E-state index in [0.717, 1.165) is 25.1 Å². The van der Waals surface area contributed by atoms with Gasteiger partial charge < -0.3 is 5.32 Å². The van der Waals surface area contributed by atoms with Crippen LogP contribution in [0.3, 0.4) is 0 Å². The zero-order valence-electron chi connectivity index (χ0n) is 11.9. The van der Waals surface area contributed by atoms with Gasteiger partial charge in [0.15, 0.2) is 0 Å². The second-order valence-corrected chi connectivity index (χ2v) is 7.06. The van der Waals surface area contributed by atoms with Gasteiger partial charge in [0.1, 0.15) is 0 Å². The molecule has 1 aromatic rings. The van der Waals surface area contributed by atoms with Gasteiger partial charge >= 0.3 is 0 Å². The summed E-state index contributed by atoms with van der Waals surface area (Å²) in [5.41, 5.74) is 1.07. The molecule has 0 amide bonds. The molecule has 4 nitrogen and oxygen atoms in total. The average Bonchev–Trinajstić information content (AvgIpc) is 2.40. The Morgan fingerprint density at radius 2 is 1.80 bits per heavy atom. The Morgan fingerprint density at radius 1 is 1.10 bits per heavy atom. The van der Waals surface area contributed by atoms with Gasteiger partial charge in [-0.2, -0.15) is 0 Å². The number of halogens is 1. The summed E-state index contributed by atoms with van der Waals surface area (Å²) < 4.78 is 26.1. The van der Waals surface area contributed by atoms with Crippen LogP contribution in [0.25, 0.3) is 0 Å². The van der Waals surface area contributed by atoms with E-state index in [1.807, 2.05) is 24.3 Å². The molecule has 2 N–H and O–H groups in total. The van der Waals surface area contributed by atoms with Gasteiger partial charge in [-0.25, -0.2) is 13.1 Å². The molecule has 1 rings (SSSR count). The van der Waals surface area contributed by atoms with Crippen LogP contribution in [0.1, 0.15) is 25.3 Å². The third kappa shape index (κ3) is 7.85. The minimum atomic E-state index is -3.16. The maximum Gasteiger partial charge on any atom is 0.211 e. The number of nitrogens with one attached hydrogen (secondary N) is 2. The number of hydrogen-bond acceptors (Lipinski definition) is 3. The van der Waals surface area contributed by atoms with E-state index in [1.54, 1.807) is 0 Å². The van der Waals surface area contributed by atoms with Gasteiger partial charge in [0, 0.05) is 11.6 Å². The average molecular weight is 319 g/mol. The van der Waals surface area contributed by atoms with Crippen LogP contribution in [-0.2, 0) is 16.4 Å². The van der Waals surface area contributed by atoms with Gasteiger partial charge in [0.05, 0.1) is 5.75 Å². The van der Waals surface area contributed by atoms with Crippen LogP contribution in [0.5, 0.6) is 0 Å². The molecule has 0 atom stereocenters. The number of hydrogen-bond donors (Lipinski definition) is 2. The van der Waals surface area contributed by atoms with E-state index in [4.69, 9.17) is 11.6 Å². The molecule has 0 heterocycles. The molecule has 0 radical (unpaired) electrons. The monoisotopic (exact) mass is 318 g/mol. The van der Waals surface area contributed by atoms with Crippen molar-refractivity contribution in [1.82, 2.24) is 10.0 Å². The number of rotatable bonds is 10. The van der Waals surface area contributed by atoms with E-state index in [1.165, 1.54) is 0 Å². The molecule has 0 aliphatic heterocycles. The maximum absolute atomic E-state index is 11.7. The minimum absolute atomic E-state index is 0.171. The van der Waals surface area contributed by atoms with E-state index in [2.05, 4.69) is 17.0 Å². The Labute approximate surface area is 127 Å². The molecule has 0 saturated carbocycles. The smallest absolute Gasteiger partial charge is 0.211 e. The van der Waals surface area contributed by atoms with Crippen molar-refractivity contribution < 1.29 is 8.42 Å². The predicted octanol–water partition coefficient (Wildman–Crippen LogP) is 2.19. The second-order valence-electron chi connectivity index (χ2n) is 4.69. The van der Waals surface area contributed by atoms with Crippen molar-refractivity contribution in [2.24, 2.45) is 0 Å². The SMILES string of the molecule is CCCNCCCS(=O)(=O)NCCc1ccc(Cl)cc1. The van der Waals surface area contributed by atoms with Crippen molar-refractivity contribution in [2.75, 3.05) is 25.4 Å². The predicted molar refractivity (Wildman–Crippen MR) is 84.7 cm³/mol. The molecule has 0 aliphatic carbocycles. The summed E-state index contributed by atoms with van der Waals surface area (Å²) in [6.45, 7) is 4.18. The van der Waals surface area contributed by atoms with Crippen molar-refractivity contribution in [1.29, 1.82) is 0 Å².